The van der Waals surface area contributed by atoms with Crippen LogP contribution in [0.25, 0.3) is 0 Å². The van der Waals surface area contributed by atoms with Gasteiger partial charge in [-0.1, -0.05) is 69.5 Å². The molecule has 1 aromatic rings. The normalized spacial score (nSPS) is 12.0. The largest absolute Gasteiger partial charge is 0.446 e. The molecule has 1 aromatic carbocycles. The predicted molar refractivity (Wildman–Crippen MR) is 98.2 cm³/mol. The molecule has 0 aliphatic rings. The Kier molecular flexibility index (Phi) is 10.5. The lowest BCUT2D eigenvalue weighted by Gasteiger charge is -2.14. The summed E-state index contributed by atoms with van der Waals surface area (Å²) in [5.74, 6) is 0. The van der Waals surface area contributed by atoms with Gasteiger partial charge in [0.1, 0.15) is 6.10 Å². The molecule has 130 valence electrons. The van der Waals surface area contributed by atoms with Crippen LogP contribution in [0.1, 0.15) is 71.6 Å². The fourth-order valence-electron chi connectivity index (χ4n) is 2.52. The highest BCUT2D eigenvalue weighted by atomic mass is 35.5. The van der Waals surface area contributed by atoms with Crippen molar-refractivity contribution in [1.29, 1.82) is 0 Å². The number of carbonyl (C=O) groups excluding carboxylic acids is 1. The van der Waals surface area contributed by atoms with Gasteiger partial charge in [-0.15, -0.1) is 0 Å². The molecule has 4 heteroatoms. The number of hydrogen-bond acceptors (Lipinski definition) is 2. The third kappa shape index (κ3) is 10.2. The second kappa shape index (κ2) is 12.2. The van der Waals surface area contributed by atoms with E-state index in [1.165, 1.54) is 44.9 Å². The molecule has 1 atom stereocenters. The summed E-state index contributed by atoms with van der Waals surface area (Å²) < 4.78 is 5.36. The van der Waals surface area contributed by atoms with E-state index in [1.807, 2.05) is 6.92 Å². The Hall–Kier alpha value is -1.22. The SMILES string of the molecule is CCCCCCCCCCC(C)OC(=O)Nc1cccc(Cl)c1. The van der Waals surface area contributed by atoms with E-state index in [2.05, 4.69) is 12.2 Å². The van der Waals surface area contributed by atoms with Crippen molar-refractivity contribution in [1.82, 2.24) is 0 Å². The lowest BCUT2D eigenvalue weighted by Crippen LogP contribution is -2.20. The molecule has 0 heterocycles. The van der Waals surface area contributed by atoms with Crippen LogP contribution in [0.2, 0.25) is 5.02 Å². The first kappa shape index (κ1) is 19.8. The van der Waals surface area contributed by atoms with Crippen molar-refractivity contribution in [2.24, 2.45) is 0 Å². The van der Waals surface area contributed by atoms with Crippen LogP contribution in [0.3, 0.4) is 0 Å². The summed E-state index contributed by atoms with van der Waals surface area (Å²) >= 11 is 5.88. The van der Waals surface area contributed by atoms with Crippen LogP contribution >= 0.6 is 11.6 Å². The van der Waals surface area contributed by atoms with Gasteiger partial charge in [-0.05, 0) is 38.0 Å². The molecular weight excluding hydrogens is 310 g/mol. The predicted octanol–water partition coefficient (Wildman–Crippen LogP) is 6.81. The Bertz CT molecular complexity index is 451. The lowest BCUT2D eigenvalue weighted by molar-refractivity contribution is 0.114. The molecule has 1 N–H and O–H groups in total. The van der Waals surface area contributed by atoms with Crippen molar-refractivity contribution in [3.8, 4) is 0 Å². The topological polar surface area (TPSA) is 38.3 Å². The van der Waals surface area contributed by atoms with Gasteiger partial charge in [0.2, 0.25) is 0 Å². The smallest absolute Gasteiger partial charge is 0.411 e. The van der Waals surface area contributed by atoms with Gasteiger partial charge in [-0.2, -0.15) is 0 Å². The second-order valence-corrected chi connectivity index (χ2v) is 6.55. The number of benzene rings is 1. The van der Waals surface area contributed by atoms with Crippen molar-refractivity contribution in [2.45, 2.75) is 77.7 Å². The fraction of sp³-hybridized carbons (Fsp3) is 0.632. The van der Waals surface area contributed by atoms with Crippen molar-refractivity contribution in [3.63, 3.8) is 0 Å². The van der Waals surface area contributed by atoms with E-state index in [1.54, 1.807) is 24.3 Å². The number of carbonyl (C=O) groups is 1. The Morgan fingerprint density at radius 3 is 2.43 bits per heavy atom. The van der Waals surface area contributed by atoms with Gasteiger partial charge in [0, 0.05) is 10.7 Å². The van der Waals surface area contributed by atoms with Crippen LogP contribution in [0.15, 0.2) is 24.3 Å². The van der Waals surface area contributed by atoms with Gasteiger partial charge in [0.05, 0.1) is 0 Å². The summed E-state index contributed by atoms with van der Waals surface area (Å²) in [5, 5.41) is 3.29. The zero-order valence-corrected chi connectivity index (χ0v) is 15.2. The number of amides is 1. The van der Waals surface area contributed by atoms with Gasteiger partial charge in [0.15, 0.2) is 0 Å². The molecule has 0 bridgehead atoms. The average molecular weight is 340 g/mol. The first-order valence-electron chi connectivity index (χ1n) is 8.85. The van der Waals surface area contributed by atoms with E-state index in [0.29, 0.717) is 10.7 Å². The van der Waals surface area contributed by atoms with Crippen LogP contribution in [-0.2, 0) is 4.74 Å². The number of ether oxygens (including phenoxy) is 1. The monoisotopic (exact) mass is 339 g/mol. The molecule has 0 fully saturated rings. The third-order valence-corrected chi connectivity index (χ3v) is 4.08. The molecule has 0 aliphatic carbocycles. The van der Waals surface area contributed by atoms with Gasteiger partial charge in [0.25, 0.3) is 0 Å². The lowest BCUT2D eigenvalue weighted by atomic mass is 10.1. The molecule has 0 saturated heterocycles. The average Bonchev–Trinajstić information content (AvgIpc) is 2.49. The number of rotatable bonds is 11. The molecule has 0 aliphatic heterocycles. The minimum absolute atomic E-state index is 0.0609. The third-order valence-electron chi connectivity index (χ3n) is 3.84. The number of anilines is 1. The highest BCUT2D eigenvalue weighted by molar-refractivity contribution is 6.30. The van der Waals surface area contributed by atoms with Gasteiger partial charge in [-0.25, -0.2) is 4.79 Å². The molecule has 1 amide bonds. The summed E-state index contributed by atoms with van der Waals surface area (Å²) in [4.78, 5) is 11.8. The van der Waals surface area contributed by atoms with E-state index >= 15 is 0 Å². The van der Waals surface area contributed by atoms with Crippen molar-refractivity contribution in [2.75, 3.05) is 5.32 Å². The molecule has 0 spiro atoms. The van der Waals surface area contributed by atoms with E-state index in [4.69, 9.17) is 16.3 Å². The minimum Gasteiger partial charge on any atom is -0.446 e. The standard InChI is InChI=1S/C19H30ClNO2/c1-3-4-5-6-7-8-9-10-12-16(2)23-19(22)21-18-14-11-13-17(20)15-18/h11,13-16H,3-10,12H2,1-2H3,(H,21,22). The Balaban J connectivity index is 2.07. The summed E-state index contributed by atoms with van der Waals surface area (Å²) in [6, 6.07) is 7.05. The molecule has 1 rings (SSSR count). The minimum atomic E-state index is -0.417. The van der Waals surface area contributed by atoms with E-state index in [-0.39, 0.29) is 6.10 Å². The highest BCUT2D eigenvalue weighted by Crippen LogP contribution is 2.16. The first-order valence-corrected chi connectivity index (χ1v) is 9.22. The maximum Gasteiger partial charge on any atom is 0.411 e. The number of halogens is 1. The van der Waals surface area contributed by atoms with Gasteiger partial charge in [-0.3, -0.25) is 5.32 Å². The van der Waals surface area contributed by atoms with Crippen LogP contribution in [0.4, 0.5) is 10.5 Å². The summed E-state index contributed by atoms with van der Waals surface area (Å²) in [5.41, 5.74) is 0.654. The van der Waals surface area contributed by atoms with E-state index < -0.39 is 6.09 Å². The zero-order chi connectivity index (χ0) is 16.9. The zero-order valence-electron chi connectivity index (χ0n) is 14.4. The van der Waals surface area contributed by atoms with E-state index in [0.717, 1.165) is 12.8 Å². The fourth-order valence-corrected chi connectivity index (χ4v) is 2.71. The Morgan fingerprint density at radius 1 is 1.13 bits per heavy atom. The summed E-state index contributed by atoms with van der Waals surface area (Å²) in [7, 11) is 0. The van der Waals surface area contributed by atoms with E-state index in [9.17, 15) is 4.79 Å². The maximum absolute atomic E-state index is 11.8. The summed E-state index contributed by atoms with van der Waals surface area (Å²) in [6.07, 6.45) is 10.7. The van der Waals surface area contributed by atoms with Crippen LogP contribution in [0.5, 0.6) is 0 Å². The molecule has 0 aromatic heterocycles. The van der Waals surface area contributed by atoms with Gasteiger partial charge < -0.3 is 4.74 Å². The summed E-state index contributed by atoms with van der Waals surface area (Å²) in [6.45, 7) is 4.18. The first-order chi connectivity index (χ1) is 11.1. The second-order valence-electron chi connectivity index (χ2n) is 6.11. The van der Waals surface area contributed by atoms with Crippen LogP contribution < -0.4 is 5.32 Å². The quantitative estimate of drug-likeness (QED) is 0.450. The van der Waals surface area contributed by atoms with Crippen molar-refractivity contribution in [3.05, 3.63) is 29.3 Å². The molecule has 0 saturated carbocycles. The molecule has 23 heavy (non-hydrogen) atoms. The number of unbranched alkanes of at least 4 members (excludes halogenated alkanes) is 7. The molecule has 0 radical (unpaired) electrons. The molecule has 1 unspecified atom stereocenters. The Morgan fingerprint density at radius 2 is 1.78 bits per heavy atom. The Labute approximate surface area is 145 Å². The van der Waals surface area contributed by atoms with Crippen molar-refractivity contribution < 1.29 is 9.53 Å². The van der Waals surface area contributed by atoms with Crippen molar-refractivity contribution >= 4 is 23.4 Å². The highest BCUT2D eigenvalue weighted by Gasteiger charge is 2.09. The number of nitrogens with one attached hydrogen (secondary N) is 1. The van der Waals surface area contributed by atoms with Crippen LogP contribution in [0, 0.1) is 0 Å². The number of hydrogen-bond donors (Lipinski definition) is 1. The maximum atomic E-state index is 11.8. The molecule has 3 nitrogen and oxygen atoms in total. The van der Waals surface area contributed by atoms with Crippen LogP contribution in [-0.4, -0.2) is 12.2 Å². The molecular formula is C19H30ClNO2. The van der Waals surface area contributed by atoms with Gasteiger partial charge >= 0.3 is 6.09 Å².